The molecule has 0 fully saturated rings. The maximum atomic E-state index is 14.4. The van der Waals surface area contributed by atoms with E-state index in [1.165, 1.54) is 30.3 Å². The minimum absolute atomic E-state index is 0.174. The van der Waals surface area contributed by atoms with Gasteiger partial charge in [0.15, 0.2) is 34.1 Å². The van der Waals surface area contributed by atoms with Crippen molar-refractivity contribution in [1.29, 1.82) is 21.0 Å². The van der Waals surface area contributed by atoms with Gasteiger partial charge in [-0.15, -0.1) is 0 Å². The zero-order chi connectivity index (χ0) is 64.1. The Morgan fingerprint density at radius 3 is 1.03 bits per heavy atom. The van der Waals surface area contributed by atoms with Crippen LogP contribution in [-0.2, 0) is 6.18 Å². The van der Waals surface area contributed by atoms with Crippen molar-refractivity contribution in [3.63, 3.8) is 0 Å². The Bertz CT molecular complexity index is 5510. The van der Waals surface area contributed by atoms with Crippen LogP contribution in [0, 0.1) is 84.8 Å². The second-order valence-electron chi connectivity index (χ2n) is 21.4. The van der Waals surface area contributed by atoms with Gasteiger partial charge in [-0.2, -0.15) is 34.2 Å². The van der Waals surface area contributed by atoms with Crippen LogP contribution in [-0.4, -0.2) is 9.13 Å². The van der Waals surface area contributed by atoms with Crippen molar-refractivity contribution in [2.24, 2.45) is 0 Å². The van der Waals surface area contributed by atoms with Crippen molar-refractivity contribution in [2.75, 3.05) is 0 Å². The number of nitrogens with zero attached hydrogens (tertiary/aromatic N) is 12. The molecule has 0 amide bonds. The number of rotatable bonds is 8. The smallest absolute Gasteiger partial charge is 0.310 e. The molecule has 0 N–H and O–H groups in total. The van der Waals surface area contributed by atoms with Gasteiger partial charge >= 0.3 is 6.18 Å². The highest BCUT2D eigenvalue weighted by molar-refractivity contribution is 6.15. The first-order chi connectivity index (χ1) is 44.7. The van der Waals surface area contributed by atoms with Crippen LogP contribution in [0.25, 0.3) is 151 Å². The molecule has 0 aliphatic carbocycles. The van der Waals surface area contributed by atoms with E-state index in [1.54, 1.807) is 72.8 Å². The van der Waals surface area contributed by atoms with Gasteiger partial charge in [-0.05, 0) is 207 Å². The molecule has 11 aromatic carbocycles. The summed E-state index contributed by atoms with van der Waals surface area (Å²) in [6.07, 6.45) is -4.76. The second-order valence-corrected chi connectivity index (χ2v) is 21.4. The van der Waals surface area contributed by atoms with Crippen molar-refractivity contribution in [1.82, 2.24) is 9.13 Å². The topological polar surface area (TPSA) is 131 Å². The monoisotopic (exact) mass is 1180 g/mol. The minimum atomic E-state index is -4.76. The van der Waals surface area contributed by atoms with Gasteiger partial charge in [0.05, 0.1) is 91.5 Å². The van der Waals surface area contributed by atoms with Gasteiger partial charge in [-0.25, -0.2) is 29.1 Å². The van der Waals surface area contributed by atoms with Gasteiger partial charge in [-0.1, -0.05) is 54.6 Å². The Labute approximate surface area is 523 Å². The second kappa shape index (κ2) is 22.5. The predicted octanol–water partition coefficient (Wildman–Crippen LogP) is 21.7. The zero-order valence-corrected chi connectivity index (χ0v) is 47.6. The summed E-state index contributed by atoms with van der Waals surface area (Å²) >= 11 is 0. The molecule has 2 heterocycles. The van der Waals surface area contributed by atoms with Gasteiger partial charge < -0.3 is 9.13 Å². The molecular weight excluding hydrogens is 1150 g/mol. The van der Waals surface area contributed by atoms with E-state index in [0.717, 1.165) is 12.1 Å². The van der Waals surface area contributed by atoms with Crippen LogP contribution in [0.3, 0.4) is 0 Å². The molecule has 2 aromatic heterocycles. The summed E-state index contributed by atoms with van der Waals surface area (Å²) in [5.41, 5.74) is 11.1. The SMILES string of the molecule is [C-]#[N+]c1cc(C#N)cc(-c2ccc3c(c2)c2cc(-c4cc(C#N)cc([N+]#[C-])c4)ccc2n3-c2ccc(-c3ccc(C(F)(F)F)cc3[N+]#[C-])cc2-c2c([N+]#[C-])cccc2-n2c3ccc(-c4cc(C#N)cc([N+]#[C-])c4)cc3c3cc(-c4cc(C#N)cc([N+]#[C-])c4)ccc32)c1. The van der Waals surface area contributed by atoms with E-state index in [4.69, 9.17) is 39.4 Å². The Kier molecular flexibility index (Phi) is 13.9. The van der Waals surface area contributed by atoms with E-state index in [-0.39, 0.29) is 61.9 Å². The fourth-order valence-corrected chi connectivity index (χ4v) is 12.1. The van der Waals surface area contributed by atoms with Gasteiger partial charge in [0.1, 0.15) is 0 Å². The molecule has 0 spiro atoms. The molecule has 0 aliphatic rings. The van der Waals surface area contributed by atoms with E-state index < -0.39 is 11.7 Å². The van der Waals surface area contributed by atoms with Crippen LogP contribution in [0.15, 0.2) is 200 Å². The van der Waals surface area contributed by atoms with E-state index in [2.05, 4.69) is 53.3 Å². The van der Waals surface area contributed by atoms with E-state index in [1.807, 2.05) is 94.1 Å². The number of hydrogen-bond donors (Lipinski definition) is 0. The van der Waals surface area contributed by atoms with Crippen LogP contribution in [0.2, 0.25) is 0 Å². The van der Waals surface area contributed by atoms with Crippen molar-refractivity contribution in [3.05, 3.63) is 297 Å². The number of halogens is 3. The largest absolute Gasteiger partial charge is 0.415 e. The van der Waals surface area contributed by atoms with Crippen LogP contribution in [0.4, 0.5) is 47.3 Å². The first-order valence-corrected chi connectivity index (χ1v) is 27.8. The first kappa shape index (κ1) is 56.8. The number of benzene rings is 11. The van der Waals surface area contributed by atoms with Gasteiger partial charge in [-0.3, -0.25) is 0 Å². The third-order valence-electron chi connectivity index (χ3n) is 16.2. The Morgan fingerprint density at radius 2 is 0.685 bits per heavy atom. The van der Waals surface area contributed by atoms with E-state index in [0.29, 0.717) is 116 Å². The Morgan fingerprint density at radius 1 is 0.315 bits per heavy atom. The van der Waals surface area contributed by atoms with Crippen molar-refractivity contribution < 1.29 is 13.2 Å². The maximum absolute atomic E-state index is 14.4. The maximum Gasteiger partial charge on any atom is 0.415 e. The first-order valence-electron chi connectivity index (χ1n) is 27.8. The number of nitriles is 4. The summed E-state index contributed by atoms with van der Waals surface area (Å²) in [5, 5.41) is 43.0. The lowest BCUT2D eigenvalue weighted by Gasteiger charge is -2.21. The van der Waals surface area contributed by atoms with Crippen LogP contribution >= 0.6 is 0 Å². The minimum Gasteiger partial charge on any atom is -0.310 e. The molecule has 0 bridgehead atoms. The summed E-state index contributed by atoms with van der Waals surface area (Å²) in [6, 6.07) is 64.8. The van der Waals surface area contributed by atoms with Crippen LogP contribution in [0.5, 0.6) is 0 Å². The summed E-state index contributed by atoms with van der Waals surface area (Å²) in [5.74, 6) is 0. The lowest BCUT2D eigenvalue weighted by atomic mass is 9.93. The average Bonchev–Trinajstić information content (AvgIpc) is 1.56. The molecule has 0 atom stereocenters. The lowest BCUT2D eigenvalue weighted by molar-refractivity contribution is -0.137. The highest BCUT2D eigenvalue weighted by Gasteiger charge is 2.32. The van der Waals surface area contributed by atoms with Crippen LogP contribution in [0.1, 0.15) is 27.8 Å². The van der Waals surface area contributed by atoms with Crippen molar-refractivity contribution in [2.45, 2.75) is 6.18 Å². The summed E-state index contributed by atoms with van der Waals surface area (Å²) < 4.78 is 47.1. The molecule has 0 unspecified atom stereocenters. The Hall–Kier alpha value is -14.3. The van der Waals surface area contributed by atoms with Crippen molar-refractivity contribution >= 4 is 77.7 Å². The van der Waals surface area contributed by atoms with Gasteiger partial charge in [0.25, 0.3) is 0 Å². The molecule has 0 aliphatic heterocycles. The van der Waals surface area contributed by atoms with Crippen molar-refractivity contribution in [3.8, 4) is 102 Å². The highest BCUT2D eigenvalue weighted by atomic mass is 19.4. The fraction of sp³-hybridized carbons (Fsp3) is 0.0130. The molecule has 422 valence electrons. The number of alkyl halides is 3. The normalized spacial score (nSPS) is 10.9. The third kappa shape index (κ3) is 9.79. The molecule has 0 radical (unpaired) electrons. The fourth-order valence-electron chi connectivity index (χ4n) is 12.1. The summed E-state index contributed by atoms with van der Waals surface area (Å²) in [6.45, 7) is 48.6. The number of aromatic nitrogens is 2. The molecular formula is C77H33F3N12. The Balaban J connectivity index is 1.14. The molecule has 12 nitrogen and oxygen atoms in total. The number of fused-ring (bicyclic) bond motifs is 6. The van der Waals surface area contributed by atoms with E-state index in [9.17, 15) is 34.2 Å². The van der Waals surface area contributed by atoms with Gasteiger partial charge in [0, 0.05) is 60.6 Å². The predicted molar refractivity (Wildman–Crippen MR) is 349 cm³/mol. The molecule has 92 heavy (non-hydrogen) atoms. The average molecular weight is 1180 g/mol. The quantitative estimate of drug-likeness (QED) is 0.140. The molecule has 13 rings (SSSR count). The third-order valence-corrected chi connectivity index (χ3v) is 16.2. The number of hydrogen-bond acceptors (Lipinski definition) is 4. The summed E-state index contributed by atoms with van der Waals surface area (Å²) in [7, 11) is 0. The lowest BCUT2D eigenvalue weighted by Crippen LogP contribution is -2.04. The molecule has 0 saturated heterocycles. The molecule has 13 aromatic rings. The molecule has 0 saturated carbocycles. The van der Waals surface area contributed by atoms with Crippen LogP contribution < -0.4 is 0 Å². The summed E-state index contributed by atoms with van der Waals surface area (Å²) in [4.78, 5) is 22.4. The zero-order valence-electron chi connectivity index (χ0n) is 47.6. The van der Waals surface area contributed by atoms with Gasteiger partial charge in [0.2, 0.25) is 0 Å². The highest BCUT2D eigenvalue weighted by Crippen LogP contribution is 2.49. The standard InChI is InChI=1S/C77H33F3N12/c1-85-58-26-44(40-81)22-53(30-58)48-10-17-70-63(34-48)64-35-49(54-23-45(41-82)27-59(31-54)86-2)11-18-71(64)91(70)74-21-14-52(62-16-15-57(77(78,79)80)39-69(62)90-6)38-67(74)76-68(89-5)8-7-9-75(76)92-72-19-12-50(55-24-46(42-83)28-60(32-55)87-3)36-65(72)66-37-51(13-20-73(66)92)56-25-47(43-84)29-61(33-56)88-4/h7-39H. The molecule has 15 heteroatoms. The van der Waals surface area contributed by atoms with E-state index >= 15 is 0 Å².